The van der Waals surface area contributed by atoms with Gasteiger partial charge in [0.1, 0.15) is 35.5 Å². The number of nitriles is 1. The average Bonchev–Trinajstić information content (AvgIpc) is 2.82. The Bertz CT molecular complexity index is 1340. The van der Waals surface area contributed by atoms with E-state index in [-0.39, 0.29) is 27.8 Å². The van der Waals surface area contributed by atoms with Crippen molar-refractivity contribution >= 4 is 29.2 Å². The zero-order valence-electron chi connectivity index (χ0n) is 17.8. The summed E-state index contributed by atoms with van der Waals surface area (Å²) in [5, 5.41) is 10.3. The van der Waals surface area contributed by atoms with Crippen molar-refractivity contribution in [3.63, 3.8) is 0 Å². The van der Waals surface area contributed by atoms with Gasteiger partial charge in [0.25, 0.3) is 0 Å². The molecule has 2 N–H and O–H groups in total. The third kappa shape index (κ3) is 4.72. The molecule has 0 saturated carbocycles. The van der Waals surface area contributed by atoms with Crippen molar-refractivity contribution in [2.24, 2.45) is 5.73 Å². The number of ether oxygens (including phenoxy) is 3. The van der Waals surface area contributed by atoms with Gasteiger partial charge in [0.2, 0.25) is 5.88 Å². The molecule has 1 aliphatic rings. The van der Waals surface area contributed by atoms with E-state index in [0.717, 1.165) is 5.56 Å². The lowest BCUT2D eigenvalue weighted by Gasteiger charge is -2.26. The lowest BCUT2D eigenvalue weighted by atomic mass is 9.83. The van der Waals surface area contributed by atoms with Crippen LogP contribution >= 0.6 is 23.2 Å². The van der Waals surface area contributed by atoms with E-state index < -0.39 is 11.9 Å². The first kappa shape index (κ1) is 23.2. The average molecular weight is 493 g/mol. The quantitative estimate of drug-likeness (QED) is 0.257. The van der Waals surface area contributed by atoms with Gasteiger partial charge >= 0.3 is 5.97 Å². The summed E-state index contributed by atoms with van der Waals surface area (Å²) in [6.45, 7) is 4.02. The Balaban J connectivity index is 1.65. The van der Waals surface area contributed by atoms with Crippen LogP contribution in [0.5, 0.6) is 17.2 Å². The molecule has 0 fully saturated rings. The van der Waals surface area contributed by atoms with Crippen LogP contribution in [0.1, 0.15) is 27.4 Å². The minimum Gasteiger partial charge on any atom is -0.490 e. The number of fused-ring (bicyclic) bond motifs is 1. The van der Waals surface area contributed by atoms with Crippen LogP contribution in [0, 0.1) is 11.3 Å². The predicted molar refractivity (Wildman–Crippen MR) is 129 cm³/mol. The van der Waals surface area contributed by atoms with Gasteiger partial charge in [-0.2, -0.15) is 5.26 Å². The lowest BCUT2D eigenvalue weighted by Crippen LogP contribution is -2.21. The number of esters is 1. The molecule has 3 aromatic carbocycles. The number of carbonyl (C=O) groups is 1. The molecule has 4 rings (SSSR count). The van der Waals surface area contributed by atoms with E-state index >= 15 is 0 Å². The van der Waals surface area contributed by atoms with Crippen LogP contribution in [0.3, 0.4) is 0 Å². The Morgan fingerprint density at radius 3 is 2.53 bits per heavy atom. The van der Waals surface area contributed by atoms with Gasteiger partial charge in [-0.25, -0.2) is 4.79 Å². The van der Waals surface area contributed by atoms with Crippen LogP contribution in [0.4, 0.5) is 0 Å². The normalized spacial score (nSPS) is 14.4. The monoisotopic (exact) mass is 492 g/mol. The van der Waals surface area contributed by atoms with Crippen molar-refractivity contribution in [1.29, 1.82) is 5.26 Å². The number of allylic oxidation sites excluding steroid dienone is 1. The molecule has 0 saturated heterocycles. The van der Waals surface area contributed by atoms with E-state index in [2.05, 4.69) is 12.6 Å². The van der Waals surface area contributed by atoms with Crippen molar-refractivity contribution in [2.45, 2.75) is 5.92 Å². The molecule has 0 radical (unpaired) electrons. The Kier molecular flexibility index (Phi) is 6.78. The second-order valence-electron chi connectivity index (χ2n) is 7.31. The van der Waals surface area contributed by atoms with Gasteiger partial charge in [-0.3, -0.25) is 0 Å². The van der Waals surface area contributed by atoms with Gasteiger partial charge < -0.3 is 19.9 Å². The van der Waals surface area contributed by atoms with E-state index in [4.69, 9.17) is 43.1 Å². The summed E-state index contributed by atoms with van der Waals surface area (Å²) < 4.78 is 16.7. The fourth-order valence-corrected chi connectivity index (χ4v) is 4.06. The van der Waals surface area contributed by atoms with Crippen LogP contribution in [0.25, 0.3) is 0 Å². The number of rotatable bonds is 6. The number of nitrogens with two attached hydrogens (primary N) is 1. The molecule has 8 heteroatoms. The van der Waals surface area contributed by atoms with Gasteiger partial charge in [0.05, 0.1) is 16.5 Å². The summed E-state index contributed by atoms with van der Waals surface area (Å²) >= 11 is 12.0. The van der Waals surface area contributed by atoms with Crippen LogP contribution in [-0.4, -0.2) is 12.6 Å². The number of halogens is 2. The highest BCUT2D eigenvalue weighted by atomic mass is 35.5. The molecule has 0 amide bonds. The van der Waals surface area contributed by atoms with Crippen LogP contribution < -0.4 is 19.9 Å². The molecule has 3 aromatic rings. The molecular formula is C26H18Cl2N2O4. The van der Waals surface area contributed by atoms with Gasteiger partial charge in [-0.15, -0.1) is 0 Å². The van der Waals surface area contributed by atoms with Crippen LogP contribution in [0.15, 0.2) is 84.8 Å². The highest BCUT2D eigenvalue weighted by Crippen LogP contribution is 2.43. The zero-order chi connectivity index (χ0) is 24.2. The van der Waals surface area contributed by atoms with Crippen molar-refractivity contribution in [1.82, 2.24) is 0 Å². The summed E-state index contributed by atoms with van der Waals surface area (Å²) in [6.07, 6.45) is 1.66. The fourth-order valence-electron chi connectivity index (χ4n) is 3.57. The Morgan fingerprint density at radius 2 is 1.85 bits per heavy atom. The van der Waals surface area contributed by atoms with Gasteiger partial charge in [-0.1, -0.05) is 54.1 Å². The summed E-state index contributed by atoms with van der Waals surface area (Å²) in [7, 11) is 0. The third-order valence-electron chi connectivity index (χ3n) is 5.13. The van der Waals surface area contributed by atoms with Crippen LogP contribution in [0.2, 0.25) is 10.0 Å². The van der Waals surface area contributed by atoms with E-state index in [1.165, 1.54) is 12.1 Å². The predicted octanol–water partition coefficient (Wildman–Crippen LogP) is 6.00. The topological polar surface area (TPSA) is 94.6 Å². The largest absolute Gasteiger partial charge is 0.490 e. The second kappa shape index (κ2) is 9.92. The summed E-state index contributed by atoms with van der Waals surface area (Å²) in [5.74, 6) is 0.157. The maximum absolute atomic E-state index is 12.6. The summed E-state index contributed by atoms with van der Waals surface area (Å²) in [6, 6.07) is 18.9. The SMILES string of the molecule is C=CCOc1ccc(C2C(C#N)=C(N)Oc3cc(OC(=O)c4ccc(Cl)cc4Cl)ccc32)cc1. The number of hydrogen-bond acceptors (Lipinski definition) is 6. The minimum absolute atomic E-state index is 0.0174. The Hall–Kier alpha value is -3.92. The van der Waals surface area contributed by atoms with Crippen LogP contribution in [-0.2, 0) is 0 Å². The molecule has 1 atom stereocenters. The first-order valence-electron chi connectivity index (χ1n) is 10.1. The maximum atomic E-state index is 12.6. The second-order valence-corrected chi connectivity index (χ2v) is 8.15. The molecule has 0 aliphatic carbocycles. The number of hydrogen-bond donors (Lipinski definition) is 1. The van der Waals surface area contributed by atoms with Crippen molar-refractivity contribution in [3.05, 3.63) is 112 Å². The standard InChI is InChI=1S/C26H18Cl2N2O4/c1-2-11-32-17-6-3-15(4-7-17)24-20-10-8-18(13-23(20)34-25(30)21(24)14-29)33-26(31)19-9-5-16(27)12-22(19)28/h2-10,12-13,24H,1,11,30H2. The van der Waals surface area contributed by atoms with Crippen molar-refractivity contribution < 1.29 is 19.0 Å². The molecule has 0 aromatic heterocycles. The third-order valence-corrected chi connectivity index (χ3v) is 5.68. The number of nitrogens with zero attached hydrogens (tertiary/aromatic N) is 1. The summed E-state index contributed by atoms with van der Waals surface area (Å²) in [4.78, 5) is 12.6. The zero-order valence-corrected chi connectivity index (χ0v) is 19.3. The van der Waals surface area contributed by atoms with E-state index in [1.54, 1.807) is 30.3 Å². The highest BCUT2D eigenvalue weighted by molar-refractivity contribution is 6.36. The molecule has 0 bridgehead atoms. The van der Waals surface area contributed by atoms with E-state index in [1.807, 2.05) is 24.3 Å². The van der Waals surface area contributed by atoms with Gasteiger partial charge in [0, 0.05) is 16.7 Å². The lowest BCUT2D eigenvalue weighted by molar-refractivity contribution is 0.0734. The summed E-state index contributed by atoms with van der Waals surface area (Å²) in [5.41, 5.74) is 8.05. The molecule has 1 unspecified atom stereocenters. The first-order valence-corrected chi connectivity index (χ1v) is 10.9. The minimum atomic E-state index is -0.648. The maximum Gasteiger partial charge on any atom is 0.345 e. The molecule has 1 heterocycles. The van der Waals surface area contributed by atoms with Gasteiger partial charge in [-0.05, 0) is 42.0 Å². The van der Waals surface area contributed by atoms with Crippen molar-refractivity contribution in [2.75, 3.05) is 6.61 Å². The van der Waals surface area contributed by atoms with Gasteiger partial charge in [0.15, 0.2) is 0 Å². The fraction of sp³-hybridized carbons (Fsp3) is 0.0769. The highest BCUT2D eigenvalue weighted by Gasteiger charge is 2.31. The smallest absolute Gasteiger partial charge is 0.345 e. The number of benzene rings is 3. The molecule has 0 spiro atoms. The van der Waals surface area contributed by atoms with E-state index in [9.17, 15) is 10.1 Å². The van der Waals surface area contributed by atoms with E-state index in [0.29, 0.717) is 28.7 Å². The first-order chi connectivity index (χ1) is 16.4. The molecular weight excluding hydrogens is 475 g/mol. The Morgan fingerprint density at radius 1 is 1.12 bits per heavy atom. The molecule has 6 nitrogen and oxygen atoms in total. The Labute approximate surface area is 206 Å². The molecule has 170 valence electrons. The number of carbonyl (C=O) groups excluding carboxylic acids is 1. The van der Waals surface area contributed by atoms with Crippen molar-refractivity contribution in [3.8, 4) is 23.3 Å². The molecule has 34 heavy (non-hydrogen) atoms. The molecule has 1 aliphatic heterocycles.